The van der Waals surface area contributed by atoms with Crippen molar-refractivity contribution in [1.82, 2.24) is 4.98 Å². The second-order valence-corrected chi connectivity index (χ2v) is 6.93. The molecule has 2 aromatic carbocycles. The third-order valence-corrected chi connectivity index (χ3v) is 5.10. The standard InChI is InChI=1S/C19H15ClN4O3/c20-14-1-4-18-16(10-14)22-19(27-18)12-5-7-23(8-6-12)17-3-2-15(24(25)26)9-13(17)11-21/h1-4,9-10,12H,5-8H2. The molecular weight excluding hydrogens is 368 g/mol. The predicted octanol–water partition coefficient (Wildman–Crippen LogP) is 4.65. The third kappa shape index (κ3) is 3.32. The van der Waals surface area contributed by atoms with Crippen LogP contribution >= 0.6 is 11.6 Å². The first-order valence-electron chi connectivity index (χ1n) is 8.54. The largest absolute Gasteiger partial charge is 0.440 e. The lowest BCUT2D eigenvalue weighted by molar-refractivity contribution is -0.384. The fourth-order valence-electron chi connectivity index (χ4n) is 3.46. The molecule has 0 N–H and O–H groups in total. The van der Waals surface area contributed by atoms with E-state index in [0.717, 1.165) is 42.7 Å². The van der Waals surface area contributed by atoms with Gasteiger partial charge in [0.25, 0.3) is 5.69 Å². The molecule has 136 valence electrons. The van der Waals surface area contributed by atoms with Gasteiger partial charge in [0, 0.05) is 36.2 Å². The molecule has 0 bridgehead atoms. The average Bonchev–Trinajstić information content (AvgIpc) is 3.10. The summed E-state index contributed by atoms with van der Waals surface area (Å²) in [6.07, 6.45) is 1.64. The molecule has 0 aliphatic carbocycles. The van der Waals surface area contributed by atoms with Crippen LogP contribution in [0.15, 0.2) is 40.8 Å². The number of halogens is 1. The maximum atomic E-state index is 10.9. The summed E-state index contributed by atoms with van der Waals surface area (Å²) < 4.78 is 5.87. The smallest absolute Gasteiger partial charge is 0.270 e. The summed E-state index contributed by atoms with van der Waals surface area (Å²) in [5.41, 5.74) is 2.45. The van der Waals surface area contributed by atoms with Gasteiger partial charge in [0.05, 0.1) is 16.2 Å². The van der Waals surface area contributed by atoms with E-state index in [9.17, 15) is 15.4 Å². The number of nitriles is 1. The molecule has 27 heavy (non-hydrogen) atoms. The zero-order chi connectivity index (χ0) is 19.0. The number of non-ortho nitro benzene ring substituents is 1. The molecule has 8 heteroatoms. The number of hydrogen-bond donors (Lipinski definition) is 0. The number of nitrogens with zero attached hydrogens (tertiary/aromatic N) is 4. The molecule has 3 aromatic rings. The maximum Gasteiger partial charge on any atom is 0.270 e. The molecule has 1 saturated heterocycles. The molecule has 1 aromatic heterocycles. The Hall–Kier alpha value is -3.11. The van der Waals surface area contributed by atoms with Crippen LogP contribution in [0.3, 0.4) is 0 Å². The number of fused-ring (bicyclic) bond motifs is 1. The first-order valence-corrected chi connectivity index (χ1v) is 8.92. The summed E-state index contributed by atoms with van der Waals surface area (Å²) >= 11 is 6.00. The quantitative estimate of drug-likeness (QED) is 0.483. The van der Waals surface area contributed by atoms with Gasteiger partial charge in [-0.3, -0.25) is 10.1 Å². The van der Waals surface area contributed by atoms with Gasteiger partial charge in [-0.2, -0.15) is 5.26 Å². The Bertz CT molecular complexity index is 1060. The van der Waals surface area contributed by atoms with Crippen LogP contribution in [-0.2, 0) is 0 Å². The van der Waals surface area contributed by atoms with Crippen molar-refractivity contribution in [3.05, 3.63) is 63.0 Å². The molecule has 4 rings (SSSR count). The molecule has 0 amide bonds. The van der Waals surface area contributed by atoms with E-state index in [1.165, 1.54) is 12.1 Å². The van der Waals surface area contributed by atoms with Crippen LogP contribution in [0.25, 0.3) is 11.1 Å². The van der Waals surface area contributed by atoms with Crippen LogP contribution in [0.2, 0.25) is 5.02 Å². The molecule has 2 heterocycles. The van der Waals surface area contributed by atoms with Crippen molar-refractivity contribution in [2.75, 3.05) is 18.0 Å². The Morgan fingerprint density at radius 1 is 1.26 bits per heavy atom. The van der Waals surface area contributed by atoms with Gasteiger partial charge in [-0.05, 0) is 37.1 Å². The first kappa shape index (κ1) is 17.3. The van der Waals surface area contributed by atoms with Crippen molar-refractivity contribution in [2.24, 2.45) is 0 Å². The third-order valence-electron chi connectivity index (χ3n) is 4.86. The van der Waals surface area contributed by atoms with E-state index in [1.54, 1.807) is 18.2 Å². The van der Waals surface area contributed by atoms with Crippen molar-refractivity contribution in [3.8, 4) is 6.07 Å². The average molecular weight is 383 g/mol. The van der Waals surface area contributed by atoms with Crippen molar-refractivity contribution >= 4 is 34.1 Å². The van der Waals surface area contributed by atoms with Crippen LogP contribution in [0.1, 0.15) is 30.2 Å². The Morgan fingerprint density at radius 3 is 2.74 bits per heavy atom. The maximum absolute atomic E-state index is 10.9. The minimum absolute atomic E-state index is 0.0738. The van der Waals surface area contributed by atoms with Crippen LogP contribution in [0, 0.1) is 21.4 Å². The highest BCUT2D eigenvalue weighted by Gasteiger charge is 2.26. The van der Waals surface area contributed by atoms with Gasteiger partial charge in [0.15, 0.2) is 11.5 Å². The molecular formula is C19H15ClN4O3. The highest BCUT2D eigenvalue weighted by molar-refractivity contribution is 6.31. The van der Waals surface area contributed by atoms with Gasteiger partial charge < -0.3 is 9.32 Å². The Kier molecular flexibility index (Phi) is 4.42. The van der Waals surface area contributed by atoms with Crippen LogP contribution < -0.4 is 4.90 Å². The summed E-state index contributed by atoms with van der Waals surface area (Å²) in [4.78, 5) is 17.1. The zero-order valence-electron chi connectivity index (χ0n) is 14.3. The van der Waals surface area contributed by atoms with Crippen molar-refractivity contribution in [3.63, 3.8) is 0 Å². The summed E-state index contributed by atoms with van der Waals surface area (Å²) in [7, 11) is 0. The number of nitro benzene ring substituents is 1. The minimum atomic E-state index is -0.490. The van der Waals surface area contributed by atoms with Gasteiger partial charge in [-0.25, -0.2) is 4.98 Å². The lowest BCUT2D eigenvalue weighted by Gasteiger charge is -2.32. The van der Waals surface area contributed by atoms with Crippen molar-refractivity contribution in [2.45, 2.75) is 18.8 Å². The Labute approximate surface area is 159 Å². The fourth-order valence-corrected chi connectivity index (χ4v) is 3.63. The van der Waals surface area contributed by atoms with E-state index in [4.69, 9.17) is 16.0 Å². The topological polar surface area (TPSA) is 96.2 Å². The van der Waals surface area contributed by atoms with Crippen molar-refractivity contribution in [1.29, 1.82) is 5.26 Å². The molecule has 1 aliphatic heterocycles. The summed E-state index contributed by atoms with van der Waals surface area (Å²) in [6, 6.07) is 11.9. The van der Waals surface area contributed by atoms with Gasteiger partial charge >= 0.3 is 0 Å². The number of benzene rings is 2. The fraction of sp³-hybridized carbons (Fsp3) is 0.263. The number of anilines is 1. The molecule has 0 spiro atoms. The predicted molar refractivity (Wildman–Crippen MR) is 101 cm³/mol. The number of oxazole rings is 1. The Morgan fingerprint density at radius 2 is 2.04 bits per heavy atom. The lowest BCUT2D eigenvalue weighted by Crippen LogP contribution is -2.33. The Balaban J connectivity index is 1.51. The number of rotatable bonds is 3. The van der Waals surface area contributed by atoms with E-state index in [-0.39, 0.29) is 11.6 Å². The van der Waals surface area contributed by atoms with E-state index in [2.05, 4.69) is 16.0 Å². The van der Waals surface area contributed by atoms with E-state index >= 15 is 0 Å². The van der Waals surface area contributed by atoms with Crippen LogP contribution in [0.5, 0.6) is 0 Å². The van der Waals surface area contributed by atoms with E-state index < -0.39 is 4.92 Å². The zero-order valence-corrected chi connectivity index (χ0v) is 15.0. The summed E-state index contributed by atoms with van der Waals surface area (Å²) in [6.45, 7) is 1.44. The second kappa shape index (κ2) is 6.89. The highest BCUT2D eigenvalue weighted by atomic mass is 35.5. The van der Waals surface area contributed by atoms with E-state index in [1.807, 2.05) is 6.07 Å². The molecule has 0 saturated carbocycles. The number of piperidine rings is 1. The van der Waals surface area contributed by atoms with Gasteiger partial charge in [-0.1, -0.05) is 11.6 Å². The SMILES string of the molecule is N#Cc1cc([N+](=O)[O-])ccc1N1CCC(c2nc3cc(Cl)ccc3o2)CC1. The van der Waals surface area contributed by atoms with Crippen molar-refractivity contribution < 1.29 is 9.34 Å². The van der Waals surface area contributed by atoms with E-state index in [0.29, 0.717) is 16.5 Å². The lowest BCUT2D eigenvalue weighted by atomic mass is 9.96. The van der Waals surface area contributed by atoms with Crippen LogP contribution in [0.4, 0.5) is 11.4 Å². The minimum Gasteiger partial charge on any atom is -0.440 e. The highest BCUT2D eigenvalue weighted by Crippen LogP contribution is 2.34. The molecule has 7 nitrogen and oxygen atoms in total. The molecule has 0 radical (unpaired) electrons. The molecule has 1 fully saturated rings. The van der Waals surface area contributed by atoms with Gasteiger partial charge in [0.2, 0.25) is 0 Å². The summed E-state index contributed by atoms with van der Waals surface area (Å²) in [5.74, 6) is 0.895. The molecule has 1 aliphatic rings. The first-order chi connectivity index (χ1) is 13.0. The monoisotopic (exact) mass is 382 g/mol. The summed E-state index contributed by atoms with van der Waals surface area (Å²) in [5, 5.41) is 20.9. The van der Waals surface area contributed by atoms with Crippen LogP contribution in [-0.4, -0.2) is 23.0 Å². The normalized spacial score (nSPS) is 15.0. The van der Waals surface area contributed by atoms with Gasteiger partial charge in [-0.15, -0.1) is 0 Å². The molecule has 0 atom stereocenters. The number of aromatic nitrogens is 1. The van der Waals surface area contributed by atoms with Gasteiger partial charge in [0.1, 0.15) is 11.6 Å². The second-order valence-electron chi connectivity index (χ2n) is 6.50. The number of hydrogen-bond acceptors (Lipinski definition) is 6. The molecule has 0 unspecified atom stereocenters. The number of nitro groups is 1.